The van der Waals surface area contributed by atoms with Crippen molar-refractivity contribution >= 4 is 11.6 Å². The van der Waals surface area contributed by atoms with E-state index in [1.807, 2.05) is 57.2 Å². The quantitative estimate of drug-likeness (QED) is 0.871. The van der Waals surface area contributed by atoms with Gasteiger partial charge >= 0.3 is 0 Å². The maximum Gasteiger partial charge on any atom is 0.260 e. The Morgan fingerprint density at radius 2 is 1.71 bits per heavy atom. The predicted molar refractivity (Wildman–Crippen MR) is 83.5 cm³/mol. The summed E-state index contributed by atoms with van der Waals surface area (Å²) >= 11 is 0. The van der Waals surface area contributed by atoms with E-state index in [9.17, 15) is 9.90 Å². The summed E-state index contributed by atoms with van der Waals surface area (Å²) in [5, 5.41) is 10.6. The number of aliphatic hydroxyl groups is 1. The number of rotatable bonds is 1. The Morgan fingerprint density at radius 1 is 1.10 bits per heavy atom. The van der Waals surface area contributed by atoms with Gasteiger partial charge in [0.15, 0.2) is 0 Å². The van der Waals surface area contributed by atoms with Crippen molar-refractivity contribution < 1.29 is 9.90 Å². The fourth-order valence-corrected chi connectivity index (χ4v) is 2.88. The molecule has 21 heavy (non-hydrogen) atoms. The topological polar surface area (TPSA) is 40.5 Å². The summed E-state index contributed by atoms with van der Waals surface area (Å²) in [4.78, 5) is 14.3. The van der Waals surface area contributed by atoms with Gasteiger partial charge in [-0.1, -0.05) is 49.7 Å². The number of aryl methyl sites for hydroxylation is 1. The monoisotopic (exact) mass is 281 g/mol. The van der Waals surface area contributed by atoms with Gasteiger partial charge in [0, 0.05) is 11.0 Å². The molecule has 0 bridgehead atoms. The first-order valence-electron chi connectivity index (χ1n) is 7.11. The number of benzene rings is 2. The summed E-state index contributed by atoms with van der Waals surface area (Å²) in [5.41, 5.74) is 3.01. The lowest BCUT2D eigenvalue weighted by Gasteiger charge is -2.28. The Bertz CT molecular complexity index is 689. The molecule has 3 heteroatoms. The van der Waals surface area contributed by atoms with Crippen LogP contribution in [-0.2, 0) is 5.41 Å². The van der Waals surface area contributed by atoms with Crippen molar-refractivity contribution in [3.05, 3.63) is 65.2 Å². The standard InChI is InChI=1S/C18H19NO2/c1-12-8-10-13(11-9-12)16(20)19-15-7-5-4-6-14(15)18(2,3)17(19)21/h4-11,17,21H,1-3H3. The summed E-state index contributed by atoms with van der Waals surface area (Å²) in [6.07, 6.45) is -0.858. The van der Waals surface area contributed by atoms with Crippen LogP contribution in [-0.4, -0.2) is 17.2 Å². The minimum absolute atomic E-state index is 0.166. The first kappa shape index (κ1) is 13.8. The Balaban J connectivity index is 2.06. The van der Waals surface area contributed by atoms with Gasteiger partial charge in [-0.25, -0.2) is 0 Å². The Kier molecular flexibility index (Phi) is 3.10. The normalized spacial score (nSPS) is 19.4. The van der Waals surface area contributed by atoms with Gasteiger partial charge < -0.3 is 5.11 Å². The number of nitrogens with zero attached hydrogens (tertiary/aromatic N) is 1. The fourth-order valence-electron chi connectivity index (χ4n) is 2.88. The number of aliphatic hydroxyl groups excluding tert-OH is 1. The predicted octanol–water partition coefficient (Wildman–Crippen LogP) is 3.25. The highest BCUT2D eigenvalue weighted by Gasteiger charge is 2.46. The van der Waals surface area contributed by atoms with Crippen LogP contribution in [0, 0.1) is 6.92 Å². The van der Waals surface area contributed by atoms with E-state index in [0.717, 1.165) is 16.8 Å². The van der Waals surface area contributed by atoms with Crippen LogP contribution in [0.1, 0.15) is 35.3 Å². The maximum atomic E-state index is 12.8. The Labute approximate surface area is 124 Å². The molecule has 1 heterocycles. The highest BCUT2D eigenvalue weighted by atomic mass is 16.3. The highest BCUT2D eigenvalue weighted by Crippen LogP contribution is 2.44. The van der Waals surface area contributed by atoms with Crippen molar-refractivity contribution in [2.75, 3.05) is 4.90 Å². The molecule has 2 aromatic carbocycles. The summed E-state index contributed by atoms with van der Waals surface area (Å²) in [7, 11) is 0. The van der Waals surface area contributed by atoms with Crippen LogP contribution in [0.25, 0.3) is 0 Å². The molecule has 0 saturated heterocycles. The number of para-hydroxylation sites is 1. The van der Waals surface area contributed by atoms with E-state index in [4.69, 9.17) is 0 Å². The van der Waals surface area contributed by atoms with Gasteiger partial charge in [-0.3, -0.25) is 9.69 Å². The highest BCUT2D eigenvalue weighted by molar-refractivity contribution is 6.08. The molecule has 1 N–H and O–H groups in total. The van der Waals surface area contributed by atoms with Gasteiger partial charge in [-0.15, -0.1) is 0 Å². The molecule has 1 aliphatic heterocycles. The third-order valence-electron chi connectivity index (χ3n) is 4.27. The van der Waals surface area contributed by atoms with Crippen LogP contribution < -0.4 is 4.90 Å². The van der Waals surface area contributed by atoms with Crippen molar-refractivity contribution in [2.24, 2.45) is 0 Å². The second kappa shape index (κ2) is 4.71. The Hall–Kier alpha value is -2.13. The number of carbonyl (C=O) groups excluding carboxylic acids is 1. The van der Waals surface area contributed by atoms with E-state index in [1.54, 1.807) is 12.1 Å². The second-order valence-electron chi connectivity index (χ2n) is 6.15. The maximum absolute atomic E-state index is 12.8. The van der Waals surface area contributed by atoms with Gasteiger partial charge in [-0.2, -0.15) is 0 Å². The summed E-state index contributed by atoms with van der Waals surface area (Å²) < 4.78 is 0. The average molecular weight is 281 g/mol. The third-order valence-corrected chi connectivity index (χ3v) is 4.27. The van der Waals surface area contributed by atoms with Gasteiger partial charge in [0.25, 0.3) is 5.91 Å². The number of carbonyl (C=O) groups is 1. The van der Waals surface area contributed by atoms with E-state index < -0.39 is 11.6 Å². The molecule has 1 amide bonds. The van der Waals surface area contributed by atoms with Crippen molar-refractivity contribution in [3.8, 4) is 0 Å². The molecule has 0 radical (unpaired) electrons. The number of anilines is 1. The molecular weight excluding hydrogens is 262 g/mol. The summed E-state index contributed by atoms with van der Waals surface area (Å²) in [5.74, 6) is -0.166. The zero-order valence-electron chi connectivity index (χ0n) is 12.5. The molecule has 1 aliphatic rings. The van der Waals surface area contributed by atoms with Gasteiger partial charge in [0.2, 0.25) is 0 Å². The smallest absolute Gasteiger partial charge is 0.260 e. The van der Waals surface area contributed by atoms with Crippen molar-refractivity contribution in [3.63, 3.8) is 0 Å². The number of hydrogen-bond donors (Lipinski definition) is 1. The molecule has 108 valence electrons. The van der Waals surface area contributed by atoms with Gasteiger partial charge in [-0.05, 0) is 30.7 Å². The summed E-state index contributed by atoms with van der Waals surface area (Å²) in [6, 6.07) is 15.1. The van der Waals surface area contributed by atoms with Crippen LogP contribution in [0.2, 0.25) is 0 Å². The minimum Gasteiger partial charge on any atom is -0.372 e. The molecule has 0 saturated carbocycles. The lowest BCUT2D eigenvalue weighted by Crippen LogP contribution is -2.44. The third kappa shape index (κ3) is 2.05. The Morgan fingerprint density at radius 3 is 2.38 bits per heavy atom. The van der Waals surface area contributed by atoms with Crippen LogP contribution >= 0.6 is 0 Å². The van der Waals surface area contributed by atoms with E-state index in [0.29, 0.717) is 5.56 Å². The number of amides is 1. The first-order valence-corrected chi connectivity index (χ1v) is 7.11. The number of fused-ring (bicyclic) bond motifs is 1. The van der Waals surface area contributed by atoms with Crippen molar-refractivity contribution in [1.29, 1.82) is 0 Å². The molecular formula is C18H19NO2. The first-order chi connectivity index (χ1) is 9.93. The molecule has 2 aromatic rings. The van der Waals surface area contributed by atoms with E-state index in [-0.39, 0.29) is 5.91 Å². The van der Waals surface area contributed by atoms with Gasteiger partial charge in [0.1, 0.15) is 6.23 Å². The van der Waals surface area contributed by atoms with E-state index in [1.165, 1.54) is 4.90 Å². The lowest BCUT2D eigenvalue weighted by molar-refractivity contribution is 0.0780. The van der Waals surface area contributed by atoms with Crippen molar-refractivity contribution in [2.45, 2.75) is 32.4 Å². The molecule has 1 atom stereocenters. The number of hydrogen-bond acceptors (Lipinski definition) is 2. The zero-order valence-corrected chi connectivity index (χ0v) is 12.5. The van der Waals surface area contributed by atoms with E-state index >= 15 is 0 Å². The zero-order chi connectivity index (χ0) is 15.2. The molecule has 0 aliphatic carbocycles. The largest absolute Gasteiger partial charge is 0.372 e. The molecule has 0 fully saturated rings. The van der Waals surface area contributed by atoms with Crippen LogP contribution in [0.15, 0.2) is 48.5 Å². The average Bonchev–Trinajstić information content (AvgIpc) is 2.67. The van der Waals surface area contributed by atoms with Gasteiger partial charge in [0.05, 0.1) is 5.69 Å². The molecule has 1 unspecified atom stereocenters. The fraction of sp³-hybridized carbons (Fsp3) is 0.278. The SMILES string of the molecule is Cc1ccc(C(=O)N2c3ccccc3C(C)(C)C2O)cc1. The summed E-state index contributed by atoms with van der Waals surface area (Å²) in [6.45, 7) is 5.90. The molecule has 3 rings (SSSR count). The van der Waals surface area contributed by atoms with Crippen LogP contribution in [0.4, 0.5) is 5.69 Å². The lowest BCUT2D eigenvalue weighted by atomic mass is 9.85. The molecule has 0 spiro atoms. The van der Waals surface area contributed by atoms with Crippen LogP contribution in [0.3, 0.4) is 0 Å². The molecule has 3 nitrogen and oxygen atoms in total. The minimum atomic E-state index is -0.858. The second-order valence-corrected chi connectivity index (χ2v) is 6.15. The van der Waals surface area contributed by atoms with Crippen LogP contribution in [0.5, 0.6) is 0 Å². The van der Waals surface area contributed by atoms with Crippen molar-refractivity contribution in [1.82, 2.24) is 0 Å². The molecule has 0 aromatic heterocycles. The van der Waals surface area contributed by atoms with E-state index in [2.05, 4.69) is 0 Å².